The van der Waals surface area contributed by atoms with E-state index in [4.69, 9.17) is 14.4 Å². The summed E-state index contributed by atoms with van der Waals surface area (Å²) in [7, 11) is 0. The van der Waals surface area contributed by atoms with Crippen LogP contribution < -0.4 is 0 Å². The van der Waals surface area contributed by atoms with Crippen LogP contribution in [0.2, 0.25) is 0 Å². The van der Waals surface area contributed by atoms with Crippen molar-refractivity contribution in [1.29, 1.82) is 0 Å². The van der Waals surface area contributed by atoms with E-state index in [1.807, 2.05) is 0 Å². The summed E-state index contributed by atoms with van der Waals surface area (Å²) in [4.78, 5) is 10.8. The summed E-state index contributed by atoms with van der Waals surface area (Å²) >= 11 is 0. The van der Waals surface area contributed by atoms with Crippen molar-refractivity contribution in [3.8, 4) is 28.3 Å². The predicted molar refractivity (Wildman–Crippen MR) is 207 cm³/mol. The van der Waals surface area contributed by atoms with E-state index < -0.39 is 0 Å². The molecule has 0 amide bonds. The van der Waals surface area contributed by atoms with Gasteiger partial charge in [-0.2, -0.15) is 0 Å². The van der Waals surface area contributed by atoms with Crippen LogP contribution in [0.1, 0.15) is 0 Å². The smallest absolute Gasteiger partial charge is 0.160 e. The van der Waals surface area contributed by atoms with Gasteiger partial charge in [0.05, 0.1) is 27.6 Å². The number of benzene rings is 8. The second-order valence-electron chi connectivity index (χ2n) is 12.9. The summed E-state index contributed by atoms with van der Waals surface area (Å²) in [6.07, 6.45) is 0. The van der Waals surface area contributed by atoms with Crippen molar-refractivity contribution in [3.63, 3.8) is 0 Å². The Morgan fingerprint density at radius 1 is 0.460 bits per heavy atom. The van der Waals surface area contributed by atoms with Crippen molar-refractivity contribution in [3.05, 3.63) is 164 Å². The molecule has 50 heavy (non-hydrogen) atoms. The lowest BCUT2D eigenvalue weighted by atomic mass is 9.97. The van der Waals surface area contributed by atoms with Crippen LogP contribution in [-0.2, 0) is 0 Å². The van der Waals surface area contributed by atoms with Crippen molar-refractivity contribution in [2.24, 2.45) is 0 Å². The average molecular weight is 638 g/mol. The molecule has 0 saturated heterocycles. The third-order valence-corrected chi connectivity index (χ3v) is 10.2. The Balaban J connectivity index is 1.25. The summed E-state index contributed by atoms with van der Waals surface area (Å²) in [5.41, 5.74) is 8.98. The highest BCUT2D eigenvalue weighted by atomic mass is 16.3. The minimum atomic E-state index is 0.682. The van der Waals surface area contributed by atoms with Crippen LogP contribution in [-0.4, -0.2) is 14.5 Å². The predicted octanol–water partition coefficient (Wildman–Crippen LogP) is 12.3. The largest absolute Gasteiger partial charge is 0.455 e. The molecule has 0 bridgehead atoms. The van der Waals surface area contributed by atoms with Gasteiger partial charge in [-0.3, -0.25) is 0 Å². The minimum Gasteiger partial charge on any atom is -0.455 e. The summed E-state index contributed by atoms with van der Waals surface area (Å²) in [6.45, 7) is 0. The number of para-hydroxylation sites is 2. The minimum absolute atomic E-state index is 0.682. The molecule has 8 aromatic carbocycles. The van der Waals surface area contributed by atoms with Crippen molar-refractivity contribution in [2.75, 3.05) is 0 Å². The SMILES string of the molecule is c1ccc(-n2c3ccccc3c3cc(-c4nc(-c5cccc6ccccc56)c5ccc6oc7c8ccccc8ccc7c6c5n4)ccc32)cc1. The number of nitrogens with zero attached hydrogens (tertiary/aromatic N) is 3. The number of hydrogen-bond acceptors (Lipinski definition) is 3. The molecule has 3 heterocycles. The van der Waals surface area contributed by atoms with Gasteiger partial charge in [-0.25, -0.2) is 9.97 Å². The lowest BCUT2D eigenvalue weighted by Crippen LogP contribution is -1.97. The van der Waals surface area contributed by atoms with Gasteiger partial charge in [0, 0.05) is 43.7 Å². The van der Waals surface area contributed by atoms with Gasteiger partial charge in [0.25, 0.3) is 0 Å². The topological polar surface area (TPSA) is 43.9 Å². The van der Waals surface area contributed by atoms with Crippen LogP contribution in [0.25, 0.3) is 105 Å². The number of hydrogen-bond donors (Lipinski definition) is 0. The highest BCUT2D eigenvalue weighted by Crippen LogP contribution is 2.42. The number of fused-ring (bicyclic) bond motifs is 11. The molecule has 11 rings (SSSR count). The van der Waals surface area contributed by atoms with Crippen LogP contribution in [0, 0.1) is 0 Å². The summed E-state index contributed by atoms with van der Waals surface area (Å²) < 4.78 is 8.96. The van der Waals surface area contributed by atoms with Gasteiger partial charge >= 0.3 is 0 Å². The molecule has 232 valence electrons. The summed E-state index contributed by atoms with van der Waals surface area (Å²) in [5, 5.41) is 10.00. The molecule has 11 aromatic rings. The first-order valence-electron chi connectivity index (χ1n) is 16.9. The second-order valence-corrected chi connectivity index (χ2v) is 12.9. The quantitative estimate of drug-likeness (QED) is 0.194. The third kappa shape index (κ3) is 3.87. The van der Waals surface area contributed by atoms with Crippen molar-refractivity contribution < 1.29 is 4.42 Å². The number of rotatable bonds is 3. The highest BCUT2D eigenvalue weighted by molar-refractivity contribution is 6.24. The molecule has 4 nitrogen and oxygen atoms in total. The maximum absolute atomic E-state index is 6.62. The van der Waals surface area contributed by atoms with E-state index in [1.165, 1.54) is 16.3 Å². The highest BCUT2D eigenvalue weighted by Gasteiger charge is 2.21. The van der Waals surface area contributed by atoms with E-state index >= 15 is 0 Å². The van der Waals surface area contributed by atoms with Gasteiger partial charge in [0.15, 0.2) is 5.82 Å². The van der Waals surface area contributed by atoms with Gasteiger partial charge in [-0.15, -0.1) is 0 Å². The van der Waals surface area contributed by atoms with Gasteiger partial charge in [-0.05, 0) is 70.8 Å². The van der Waals surface area contributed by atoms with Crippen LogP contribution in [0.5, 0.6) is 0 Å². The van der Waals surface area contributed by atoms with E-state index in [0.717, 1.165) is 82.4 Å². The van der Waals surface area contributed by atoms with Crippen molar-refractivity contribution in [1.82, 2.24) is 14.5 Å². The molecule has 4 heteroatoms. The molecule has 0 unspecified atom stereocenters. The molecule has 0 fully saturated rings. The Kier molecular flexibility index (Phi) is 5.63. The fraction of sp³-hybridized carbons (Fsp3) is 0. The Labute approximate surface area is 286 Å². The Bertz CT molecular complexity index is 3150. The van der Waals surface area contributed by atoms with Crippen LogP contribution in [0.4, 0.5) is 0 Å². The zero-order valence-corrected chi connectivity index (χ0v) is 26.8. The molecule has 0 aliphatic rings. The average Bonchev–Trinajstić information content (AvgIpc) is 3.74. The van der Waals surface area contributed by atoms with E-state index in [-0.39, 0.29) is 0 Å². The summed E-state index contributed by atoms with van der Waals surface area (Å²) in [5.74, 6) is 0.682. The fourth-order valence-corrected chi connectivity index (χ4v) is 7.92. The first-order chi connectivity index (χ1) is 24.8. The lowest BCUT2D eigenvalue weighted by molar-refractivity contribution is 0.673. The monoisotopic (exact) mass is 637 g/mol. The van der Waals surface area contributed by atoms with E-state index in [9.17, 15) is 0 Å². The number of furan rings is 1. The van der Waals surface area contributed by atoms with Gasteiger partial charge in [0.1, 0.15) is 11.2 Å². The Morgan fingerprint density at radius 2 is 1.16 bits per heavy atom. The lowest BCUT2D eigenvalue weighted by Gasteiger charge is -2.13. The molecule has 0 aliphatic heterocycles. The maximum atomic E-state index is 6.62. The summed E-state index contributed by atoms with van der Waals surface area (Å²) in [6, 6.07) is 57.7. The van der Waals surface area contributed by atoms with Gasteiger partial charge in [-0.1, -0.05) is 109 Å². The first kappa shape index (κ1) is 27.2. The standard InChI is InChI=1S/C46H27N3O/c1-2-14-31(15-3-1)49-39-20-9-8-18-34(39)38-27-30(22-25-40(38)49)46-47-43(35-19-10-13-28-11-4-6-16-32(28)35)37-24-26-41-42(44(37)48-46)36-23-21-29-12-5-7-17-33(29)45(36)50-41/h1-27H. The zero-order chi connectivity index (χ0) is 32.8. The van der Waals surface area contributed by atoms with Crippen molar-refractivity contribution in [2.45, 2.75) is 0 Å². The second kappa shape index (κ2) is 10.4. The van der Waals surface area contributed by atoms with Crippen LogP contribution in [0.15, 0.2) is 168 Å². The van der Waals surface area contributed by atoms with Gasteiger partial charge in [0.2, 0.25) is 0 Å². The molecular formula is C46H27N3O. The Hall–Kier alpha value is -6.78. The van der Waals surface area contributed by atoms with Gasteiger partial charge < -0.3 is 8.98 Å². The first-order valence-corrected chi connectivity index (χ1v) is 16.9. The van der Waals surface area contributed by atoms with Crippen molar-refractivity contribution >= 4 is 76.2 Å². The molecule has 0 spiro atoms. The van der Waals surface area contributed by atoms with Crippen LogP contribution >= 0.6 is 0 Å². The maximum Gasteiger partial charge on any atom is 0.160 e. The molecule has 0 N–H and O–H groups in total. The molecule has 3 aromatic heterocycles. The fourth-order valence-electron chi connectivity index (χ4n) is 7.92. The number of aromatic nitrogens is 3. The van der Waals surface area contributed by atoms with Crippen LogP contribution in [0.3, 0.4) is 0 Å². The molecule has 0 saturated carbocycles. The molecular weight excluding hydrogens is 611 g/mol. The van der Waals surface area contributed by atoms with E-state index in [0.29, 0.717) is 5.82 Å². The van der Waals surface area contributed by atoms with E-state index in [1.54, 1.807) is 0 Å². The van der Waals surface area contributed by atoms with E-state index in [2.05, 4.69) is 168 Å². The molecule has 0 aliphatic carbocycles. The normalized spacial score (nSPS) is 12.0. The third-order valence-electron chi connectivity index (χ3n) is 10.2. The zero-order valence-electron chi connectivity index (χ0n) is 26.8. The molecule has 0 radical (unpaired) electrons. The molecule has 0 atom stereocenters. The Morgan fingerprint density at radius 3 is 2.04 bits per heavy atom.